The van der Waals surface area contributed by atoms with Crippen LogP contribution in [0.25, 0.3) is 0 Å². The number of nitrogens with one attached hydrogen (secondary N) is 2. The molecule has 0 radical (unpaired) electrons. The van der Waals surface area contributed by atoms with Crippen LogP contribution >= 0.6 is 0 Å². The van der Waals surface area contributed by atoms with Gasteiger partial charge in [0.15, 0.2) is 6.10 Å². The third kappa shape index (κ3) is 4.06. The van der Waals surface area contributed by atoms with E-state index in [2.05, 4.69) is 10.6 Å². The van der Waals surface area contributed by atoms with E-state index < -0.39 is 18.0 Å². The first-order valence-corrected chi connectivity index (χ1v) is 5.55. The number of carbonyl (C=O) groups excluding carboxylic acids is 2. The molecule has 0 aromatic heterocycles. The Bertz CT molecular complexity index is 417. The van der Waals surface area contributed by atoms with Crippen molar-refractivity contribution in [2.75, 3.05) is 7.05 Å². The van der Waals surface area contributed by atoms with Gasteiger partial charge < -0.3 is 15.8 Å². The van der Waals surface area contributed by atoms with E-state index in [0.29, 0.717) is 12.3 Å². The standard InChI is InChI=1S/C12H17N3O3/c1-8(11(16)15-12(17)14-2)18-10-5-3-9(7-13)4-6-10/h3-6,8H,7,13H2,1-2H3,(H2,14,15,16,17). The first-order valence-electron chi connectivity index (χ1n) is 5.55. The molecule has 6 heteroatoms. The summed E-state index contributed by atoms with van der Waals surface area (Å²) < 4.78 is 5.39. The van der Waals surface area contributed by atoms with Crippen molar-refractivity contribution in [3.63, 3.8) is 0 Å². The summed E-state index contributed by atoms with van der Waals surface area (Å²) in [4.78, 5) is 22.5. The van der Waals surface area contributed by atoms with Crippen LogP contribution in [0.1, 0.15) is 12.5 Å². The fourth-order valence-electron chi connectivity index (χ4n) is 1.24. The van der Waals surface area contributed by atoms with Crippen LogP contribution < -0.4 is 21.1 Å². The van der Waals surface area contributed by atoms with Crippen LogP contribution in [0.15, 0.2) is 24.3 Å². The largest absolute Gasteiger partial charge is 0.481 e. The van der Waals surface area contributed by atoms with Crippen LogP contribution in [-0.4, -0.2) is 25.1 Å². The second-order valence-electron chi connectivity index (χ2n) is 3.68. The monoisotopic (exact) mass is 251 g/mol. The normalized spacial score (nSPS) is 11.5. The molecule has 18 heavy (non-hydrogen) atoms. The van der Waals surface area contributed by atoms with Gasteiger partial charge in [0.2, 0.25) is 0 Å². The molecule has 0 saturated heterocycles. The van der Waals surface area contributed by atoms with Crippen LogP contribution in [0.4, 0.5) is 4.79 Å². The van der Waals surface area contributed by atoms with Gasteiger partial charge in [-0.3, -0.25) is 10.1 Å². The molecular weight excluding hydrogens is 234 g/mol. The van der Waals surface area contributed by atoms with E-state index in [1.54, 1.807) is 19.1 Å². The predicted octanol–water partition coefficient (Wildman–Crippen LogP) is 0.368. The first-order chi connectivity index (χ1) is 8.56. The molecule has 0 spiro atoms. The summed E-state index contributed by atoms with van der Waals surface area (Å²) in [6.45, 7) is 2.02. The Morgan fingerprint density at radius 3 is 2.44 bits per heavy atom. The number of imide groups is 1. The van der Waals surface area contributed by atoms with E-state index >= 15 is 0 Å². The third-order valence-electron chi connectivity index (χ3n) is 2.30. The SMILES string of the molecule is CNC(=O)NC(=O)C(C)Oc1ccc(CN)cc1. The molecule has 98 valence electrons. The second-order valence-corrected chi connectivity index (χ2v) is 3.68. The summed E-state index contributed by atoms with van der Waals surface area (Å²) in [7, 11) is 1.43. The van der Waals surface area contributed by atoms with Crippen molar-refractivity contribution in [3.8, 4) is 5.75 Å². The summed E-state index contributed by atoms with van der Waals surface area (Å²) in [6.07, 6.45) is -0.758. The molecule has 1 unspecified atom stereocenters. The number of rotatable bonds is 4. The molecule has 1 aromatic rings. The molecule has 0 saturated carbocycles. The quantitative estimate of drug-likeness (QED) is 0.720. The average Bonchev–Trinajstić information content (AvgIpc) is 2.39. The molecule has 0 fully saturated rings. The van der Waals surface area contributed by atoms with Crippen molar-refractivity contribution in [2.45, 2.75) is 19.6 Å². The lowest BCUT2D eigenvalue weighted by Gasteiger charge is -2.14. The van der Waals surface area contributed by atoms with Gasteiger partial charge in [0, 0.05) is 13.6 Å². The van der Waals surface area contributed by atoms with Crippen molar-refractivity contribution in [2.24, 2.45) is 5.73 Å². The minimum Gasteiger partial charge on any atom is -0.481 e. The lowest BCUT2D eigenvalue weighted by molar-refractivity contribution is -0.126. The lowest BCUT2D eigenvalue weighted by atomic mass is 10.2. The van der Waals surface area contributed by atoms with E-state index in [0.717, 1.165) is 5.56 Å². The van der Waals surface area contributed by atoms with Crippen molar-refractivity contribution in [1.29, 1.82) is 0 Å². The average molecular weight is 251 g/mol. The molecule has 0 bridgehead atoms. The molecule has 1 atom stereocenters. The Hall–Kier alpha value is -2.08. The summed E-state index contributed by atoms with van der Waals surface area (Å²) in [5.74, 6) is 0.0454. The Morgan fingerprint density at radius 1 is 1.33 bits per heavy atom. The highest BCUT2D eigenvalue weighted by Crippen LogP contribution is 2.13. The summed E-state index contributed by atoms with van der Waals surface area (Å²) in [5, 5.41) is 4.43. The second kappa shape index (κ2) is 6.61. The molecule has 1 rings (SSSR count). The van der Waals surface area contributed by atoms with Crippen molar-refractivity contribution in [1.82, 2.24) is 10.6 Å². The topological polar surface area (TPSA) is 93.5 Å². The van der Waals surface area contributed by atoms with Gasteiger partial charge in [0.25, 0.3) is 5.91 Å². The Labute approximate surface area is 105 Å². The number of amides is 3. The molecule has 1 aromatic carbocycles. The highest BCUT2D eigenvalue weighted by atomic mass is 16.5. The first kappa shape index (κ1) is 14.0. The zero-order valence-electron chi connectivity index (χ0n) is 10.4. The van der Waals surface area contributed by atoms with Crippen LogP contribution in [0.3, 0.4) is 0 Å². The Morgan fingerprint density at radius 2 is 1.94 bits per heavy atom. The van der Waals surface area contributed by atoms with Gasteiger partial charge in [-0.2, -0.15) is 0 Å². The summed E-state index contributed by atoms with van der Waals surface area (Å²) >= 11 is 0. The number of benzene rings is 1. The molecule has 0 aliphatic rings. The molecule has 6 nitrogen and oxygen atoms in total. The maximum atomic E-state index is 11.5. The number of nitrogens with two attached hydrogens (primary N) is 1. The van der Waals surface area contributed by atoms with E-state index in [-0.39, 0.29) is 0 Å². The fourth-order valence-corrected chi connectivity index (χ4v) is 1.24. The van der Waals surface area contributed by atoms with Gasteiger partial charge in [-0.05, 0) is 24.6 Å². The number of hydrogen-bond acceptors (Lipinski definition) is 4. The van der Waals surface area contributed by atoms with E-state index in [1.165, 1.54) is 7.05 Å². The number of ether oxygens (including phenoxy) is 1. The molecule has 3 amide bonds. The highest BCUT2D eigenvalue weighted by Gasteiger charge is 2.16. The summed E-state index contributed by atoms with van der Waals surface area (Å²) in [6, 6.07) is 6.53. The fraction of sp³-hybridized carbons (Fsp3) is 0.333. The van der Waals surface area contributed by atoms with Gasteiger partial charge in [-0.15, -0.1) is 0 Å². The van der Waals surface area contributed by atoms with Gasteiger partial charge in [-0.1, -0.05) is 12.1 Å². The molecule has 4 N–H and O–H groups in total. The molecule has 0 heterocycles. The minimum atomic E-state index is -0.758. The highest BCUT2D eigenvalue weighted by molar-refractivity contribution is 5.96. The van der Waals surface area contributed by atoms with E-state index in [4.69, 9.17) is 10.5 Å². The predicted molar refractivity (Wildman–Crippen MR) is 67.0 cm³/mol. The van der Waals surface area contributed by atoms with E-state index in [9.17, 15) is 9.59 Å². The Balaban J connectivity index is 2.55. The third-order valence-corrected chi connectivity index (χ3v) is 2.30. The minimum absolute atomic E-state index is 0.451. The van der Waals surface area contributed by atoms with Crippen molar-refractivity contribution in [3.05, 3.63) is 29.8 Å². The number of hydrogen-bond donors (Lipinski definition) is 3. The maximum absolute atomic E-state index is 11.5. The van der Waals surface area contributed by atoms with Gasteiger partial charge in [0.1, 0.15) is 5.75 Å². The number of carbonyl (C=O) groups is 2. The van der Waals surface area contributed by atoms with Crippen LogP contribution in [0.5, 0.6) is 5.75 Å². The lowest BCUT2D eigenvalue weighted by Crippen LogP contribution is -2.43. The maximum Gasteiger partial charge on any atom is 0.321 e. The van der Waals surface area contributed by atoms with Crippen LogP contribution in [-0.2, 0) is 11.3 Å². The van der Waals surface area contributed by atoms with Crippen LogP contribution in [0, 0.1) is 0 Å². The van der Waals surface area contributed by atoms with Gasteiger partial charge in [0.05, 0.1) is 0 Å². The summed E-state index contributed by atoms with van der Waals surface area (Å²) in [5.41, 5.74) is 6.45. The zero-order chi connectivity index (χ0) is 13.5. The zero-order valence-corrected chi connectivity index (χ0v) is 10.4. The van der Waals surface area contributed by atoms with Crippen molar-refractivity contribution >= 4 is 11.9 Å². The van der Waals surface area contributed by atoms with Crippen LogP contribution in [0.2, 0.25) is 0 Å². The molecule has 0 aliphatic heterocycles. The number of urea groups is 1. The smallest absolute Gasteiger partial charge is 0.321 e. The molecule has 0 aliphatic carbocycles. The molecular formula is C12H17N3O3. The van der Waals surface area contributed by atoms with Gasteiger partial charge >= 0.3 is 6.03 Å². The van der Waals surface area contributed by atoms with Crippen molar-refractivity contribution < 1.29 is 14.3 Å². The van der Waals surface area contributed by atoms with Gasteiger partial charge in [-0.25, -0.2) is 4.79 Å². The van der Waals surface area contributed by atoms with E-state index in [1.807, 2.05) is 12.1 Å². The Kier molecular flexibility index (Phi) is 5.13.